The fraction of sp³-hybridized carbons (Fsp3) is 0.667. The van der Waals surface area contributed by atoms with Gasteiger partial charge in [0.05, 0.1) is 19.3 Å². The van der Waals surface area contributed by atoms with E-state index < -0.39 is 0 Å². The van der Waals surface area contributed by atoms with Gasteiger partial charge >= 0.3 is 0 Å². The van der Waals surface area contributed by atoms with Gasteiger partial charge in [-0.25, -0.2) is 9.98 Å². The van der Waals surface area contributed by atoms with Gasteiger partial charge in [-0.2, -0.15) is 0 Å². The monoisotopic (exact) mass is 460 g/mol. The molecule has 3 rings (SSSR count). The standard InChI is InChI=1S/C18H28N4O2.HI/c1-2-19-18(22-9-6-16(23)7-10-22)21-12-15-5-8-20-17(11-15)24-13-14-3-4-14;/h5,8,11,14,16,23H,2-4,6-7,9-10,12-13H2,1H3,(H,19,21);1H. The van der Waals surface area contributed by atoms with E-state index in [1.54, 1.807) is 6.20 Å². The summed E-state index contributed by atoms with van der Waals surface area (Å²) in [7, 11) is 0. The molecule has 7 heteroatoms. The fourth-order valence-corrected chi connectivity index (χ4v) is 2.79. The van der Waals surface area contributed by atoms with Crippen LogP contribution in [0.3, 0.4) is 0 Å². The minimum atomic E-state index is -0.171. The average Bonchev–Trinajstić information content (AvgIpc) is 3.42. The van der Waals surface area contributed by atoms with E-state index in [1.807, 2.05) is 12.1 Å². The molecule has 2 heterocycles. The van der Waals surface area contributed by atoms with Gasteiger partial charge in [0, 0.05) is 31.9 Å². The summed E-state index contributed by atoms with van der Waals surface area (Å²) in [5.74, 6) is 2.34. The number of hydrogen-bond acceptors (Lipinski definition) is 4. The van der Waals surface area contributed by atoms with Crippen molar-refractivity contribution in [3.8, 4) is 5.88 Å². The summed E-state index contributed by atoms with van der Waals surface area (Å²) < 4.78 is 5.74. The highest BCUT2D eigenvalue weighted by Crippen LogP contribution is 2.29. The van der Waals surface area contributed by atoms with Gasteiger partial charge in [-0.1, -0.05) is 0 Å². The maximum atomic E-state index is 9.66. The van der Waals surface area contributed by atoms with Crippen LogP contribution in [0.5, 0.6) is 5.88 Å². The molecule has 1 aromatic heterocycles. The van der Waals surface area contributed by atoms with Crippen LogP contribution in [0.25, 0.3) is 0 Å². The van der Waals surface area contributed by atoms with Gasteiger partial charge < -0.3 is 20.1 Å². The molecule has 1 aliphatic carbocycles. The van der Waals surface area contributed by atoms with Crippen LogP contribution >= 0.6 is 24.0 Å². The molecule has 1 aromatic rings. The van der Waals surface area contributed by atoms with Gasteiger partial charge in [0.15, 0.2) is 5.96 Å². The second kappa shape index (κ2) is 10.2. The second-order valence-electron chi connectivity index (χ2n) is 6.65. The molecule has 1 aliphatic heterocycles. The van der Waals surface area contributed by atoms with E-state index in [0.29, 0.717) is 12.4 Å². The maximum Gasteiger partial charge on any atom is 0.213 e. The Labute approximate surface area is 167 Å². The Morgan fingerprint density at radius 3 is 2.80 bits per heavy atom. The van der Waals surface area contributed by atoms with E-state index in [0.717, 1.165) is 56.5 Å². The Hall–Kier alpha value is -1.09. The molecule has 0 unspecified atom stereocenters. The highest BCUT2D eigenvalue weighted by molar-refractivity contribution is 14.0. The molecule has 0 aromatic carbocycles. The molecule has 0 amide bonds. The third-order valence-electron chi connectivity index (χ3n) is 4.47. The number of aliphatic hydroxyl groups excluding tert-OH is 1. The number of ether oxygens (including phenoxy) is 1. The lowest BCUT2D eigenvalue weighted by molar-refractivity contribution is 0.108. The third kappa shape index (κ3) is 6.62. The lowest BCUT2D eigenvalue weighted by Gasteiger charge is -2.32. The Morgan fingerprint density at radius 2 is 2.12 bits per heavy atom. The lowest BCUT2D eigenvalue weighted by atomic mass is 10.1. The van der Waals surface area contributed by atoms with Gasteiger partial charge in [0.25, 0.3) is 0 Å². The minimum Gasteiger partial charge on any atom is -0.477 e. The summed E-state index contributed by atoms with van der Waals surface area (Å²) in [5.41, 5.74) is 1.10. The number of aliphatic imine (C=N–C) groups is 1. The predicted octanol–water partition coefficient (Wildman–Crippen LogP) is 2.41. The van der Waals surface area contributed by atoms with Crippen molar-refractivity contribution in [3.63, 3.8) is 0 Å². The number of nitrogens with one attached hydrogen (secondary N) is 1. The molecule has 2 aliphatic rings. The van der Waals surface area contributed by atoms with Crippen molar-refractivity contribution in [2.45, 2.75) is 45.3 Å². The van der Waals surface area contributed by atoms with Crippen LogP contribution in [0.15, 0.2) is 23.3 Å². The van der Waals surface area contributed by atoms with Gasteiger partial charge in [-0.15, -0.1) is 24.0 Å². The topological polar surface area (TPSA) is 70.0 Å². The van der Waals surface area contributed by atoms with E-state index in [4.69, 9.17) is 9.73 Å². The molecule has 1 saturated heterocycles. The van der Waals surface area contributed by atoms with Gasteiger partial charge in [0.1, 0.15) is 0 Å². The van der Waals surface area contributed by atoms with Crippen molar-refractivity contribution >= 4 is 29.9 Å². The molecular formula is C18H29IN4O2. The zero-order valence-electron chi connectivity index (χ0n) is 14.9. The number of aliphatic hydroxyl groups is 1. The molecule has 2 fully saturated rings. The second-order valence-corrected chi connectivity index (χ2v) is 6.65. The Kier molecular flexibility index (Phi) is 8.21. The first-order valence-electron chi connectivity index (χ1n) is 9.03. The molecular weight excluding hydrogens is 431 g/mol. The fourth-order valence-electron chi connectivity index (χ4n) is 2.79. The van der Waals surface area contributed by atoms with E-state index in [9.17, 15) is 5.11 Å². The molecule has 25 heavy (non-hydrogen) atoms. The molecule has 0 bridgehead atoms. The van der Waals surface area contributed by atoms with E-state index in [-0.39, 0.29) is 30.1 Å². The first kappa shape index (κ1) is 20.2. The number of likely N-dealkylation sites (tertiary alicyclic amines) is 1. The van der Waals surface area contributed by atoms with Crippen LogP contribution < -0.4 is 10.1 Å². The van der Waals surface area contributed by atoms with Crippen molar-refractivity contribution in [3.05, 3.63) is 23.9 Å². The van der Waals surface area contributed by atoms with Crippen molar-refractivity contribution in [2.24, 2.45) is 10.9 Å². The summed E-state index contributed by atoms with van der Waals surface area (Å²) in [4.78, 5) is 11.2. The lowest BCUT2D eigenvalue weighted by Crippen LogP contribution is -2.46. The Morgan fingerprint density at radius 1 is 1.36 bits per heavy atom. The van der Waals surface area contributed by atoms with Crippen molar-refractivity contribution in [1.29, 1.82) is 0 Å². The number of nitrogens with zero attached hydrogens (tertiary/aromatic N) is 3. The zero-order valence-corrected chi connectivity index (χ0v) is 17.2. The summed E-state index contributed by atoms with van der Waals surface area (Å²) in [6, 6.07) is 3.96. The van der Waals surface area contributed by atoms with Crippen molar-refractivity contribution in [2.75, 3.05) is 26.2 Å². The Bertz CT molecular complexity index is 558. The number of halogens is 1. The average molecular weight is 460 g/mol. The van der Waals surface area contributed by atoms with E-state index in [1.165, 1.54) is 12.8 Å². The number of rotatable bonds is 6. The molecule has 140 valence electrons. The molecule has 2 N–H and O–H groups in total. The van der Waals surface area contributed by atoms with E-state index in [2.05, 4.69) is 22.1 Å². The van der Waals surface area contributed by atoms with Gasteiger partial charge in [-0.3, -0.25) is 0 Å². The van der Waals surface area contributed by atoms with Crippen LogP contribution in [0.4, 0.5) is 0 Å². The highest BCUT2D eigenvalue weighted by Gasteiger charge is 2.22. The summed E-state index contributed by atoms with van der Waals surface area (Å²) in [6.45, 7) is 5.98. The number of pyridine rings is 1. The van der Waals surface area contributed by atoms with Crippen LogP contribution in [0, 0.1) is 5.92 Å². The molecule has 0 atom stereocenters. The quantitative estimate of drug-likeness (QED) is 0.388. The summed E-state index contributed by atoms with van der Waals surface area (Å²) in [6.07, 6.45) is 5.78. The number of aromatic nitrogens is 1. The summed E-state index contributed by atoms with van der Waals surface area (Å²) in [5, 5.41) is 13.0. The van der Waals surface area contributed by atoms with Crippen molar-refractivity contribution in [1.82, 2.24) is 15.2 Å². The first-order chi connectivity index (χ1) is 11.7. The number of guanidine groups is 1. The summed E-state index contributed by atoms with van der Waals surface area (Å²) >= 11 is 0. The SMILES string of the molecule is CCNC(=NCc1ccnc(OCC2CC2)c1)N1CCC(O)CC1.I. The molecule has 0 radical (unpaired) electrons. The smallest absolute Gasteiger partial charge is 0.213 e. The zero-order chi connectivity index (χ0) is 16.8. The third-order valence-corrected chi connectivity index (χ3v) is 4.47. The number of piperidine rings is 1. The maximum absolute atomic E-state index is 9.66. The first-order valence-corrected chi connectivity index (χ1v) is 9.03. The molecule has 0 spiro atoms. The van der Waals surface area contributed by atoms with Gasteiger partial charge in [0.2, 0.25) is 5.88 Å². The van der Waals surface area contributed by atoms with E-state index >= 15 is 0 Å². The number of hydrogen-bond donors (Lipinski definition) is 2. The minimum absolute atomic E-state index is 0. The predicted molar refractivity (Wildman–Crippen MR) is 110 cm³/mol. The molecule has 1 saturated carbocycles. The van der Waals surface area contributed by atoms with Gasteiger partial charge in [-0.05, 0) is 50.2 Å². The molecule has 6 nitrogen and oxygen atoms in total. The van der Waals surface area contributed by atoms with Crippen LogP contribution in [0.1, 0.15) is 38.2 Å². The largest absolute Gasteiger partial charge is 0.477 e. The van der Waals surface area contributed by atoms with Crippen LogP contribution in [0.2, 0.25) is 0 Å². The normalized spacial score (nSPS) is 18.6. The highest BCUT2D eigenvalue weighted by atomic mass is 127. The van der Waals surface area contributed by atoms with Crippen LogP contribution in [-0.2, 0) is 6.54 Å². The Balaban J connectivity index is 0.00000225. The van der Waals surface area contributed by atoms with Crippen molar-refractivity contribution < 1.29 is 9.84 Å². The van der Waals surface area contributed by atoms with Crippen LogP contribution in [-0.4, -0.2) is 53.3 Å².